The predicted molar refractivity (Wildman–Crippen MR) is 129 cm³/mol. The molecule has 2 N–H and O–H groups in total. The maximum Gasteiger partial charge on any atom is 0.109 e. The summed E-state index contributed by atoms with van der Waals surface area (Å²) in [6.45, 7) is 8.80. The van der Waals surface area contributed by atoms with Crippen LogP contribution < -0.4 is 0 Å². The third-order valence-electron chi connectivity index (χ3n) is 6.38. The summed E-state index contributed by atoms with van der Waals surface area (Å²) in [5.74, 6) is 3.06. The minimum absolute atomic E-state index is 0.414. The number of H-pyrrole nitrogens is 2. The van der Waals surface area contributed by atoms with Crippen LogP contribution in [0.1, 0.15) is 45.3 Å². The van der Waals surface area contributed by atoms with Crippen molar-refractivity contribution in [1.82, 2.24) is 19.9 Å². The standard InChI is InChI=1S/C27H28N4/c1-5-26-29-23-11-10-21(14-24(23)30-26)19-6-7-20-13-22(9-8-18(20)12-19)25-15-28-27(31-25)17(4)16(2)3/h6-17H,5H2,1-4H3,(H,28,31)(H,29,30). The highest BCUT2D eigenvalue weighted by atomic mass is 14.9. The molecule has 0 amide bonds. The molecule has 0 fully saturated rings. The molecule has 0 aliphatic rings. The summed E-state index contributed by atoms with van der Waals surface area (Å²) in [7, 11) is 0. The monoisotopic (exact) mass is 408 g/mol. The van der Waals surface area contributed by atoms with Crippen molar-refractivity contribution in [2.24, 2.45) is 5.92 Å². The average Bonchev–Trinajstić information content (AvgIpc) is 3.44. The topological polar surface area (TPSA) is 57.4 Å². The van der Waals surface area contributed by atoms with Gasteiger partial charge in [-0.15, -0.1) is 0 Å². The molecule has 3 aromatic carbocycles. The molecule has 1 unspecified atom stereocenters. The Hall–Kier alpha value is -3.40. The molecule has 0 radical (unpaired) electrons. The first-order chi connectivity index (χ1) is 15.0. The van der Waals surface area contributed by atoms with E-state index in [1.54, 1.807) is 0 Å². The fourth-order valence-electron chi connectivity index (χ4n) is 4.03. The summed E-state index contributed by atoms with van der Waals surface area (Å²) in [6, 6.07) is 19.7. The van der Waals surface area contributed by atoms with Gasteiger partial charge in [0, 0.05) is 17.9 Å². The molecule has 0 aliphatic carbocycles. The Morgan fingerprint density at radius 2 is 1.48 bits per heavy atom. The molecule has 2 heterocycles. The van der Waals surface area contributed by atoms with E-state index in [4.69, 9.17) is 0 Å². The Labute approximate surface area is 182 Å². The number of rotatable bonds is 5. The van der Waals surface area contributed by atoms with E-state index in [0.717, 1.165) is 34.8 Å². The third-order valence-corrected chi connectivity index (χ3v) is 6.38. The van der Waals surface area contributed by atoms with Gasteiger partial charge in [-0.2, -0.15) is 0 Å². The van der Waals surface area contributed by atoms with Gasteiger partial charge in [-0.1, -0.05) is 58.0 Å². The Morgan fingerprint density at radius 3 is 2.23 bits per heavy atom. The summed E-state index contributed by atoms with van der Waals surface area (Å²) >= 11 is 0. The van der Waals surface area contributed by atoms with Crippen molar-refractivity contribution < 1.29 is 0 Å². The molecule has 0 saturated carbocycles. The zero-order valence-electron chi connectivity index (χ0n) is 18.5. The van der Waals surface area contributed by atoms with E-state index in [2.05, 4.69) is 102 Å². The quantitative estimate of drug-likeness (QED) is 0.326. The lowest BCUT2D eigenvalue weighted by molar-refractivity contribution is 0.514. The summed E-state index contributed by atoms with van der Waals surface area (Å²) in [6.07, 6.45) is 2.87. The number of aromatic nitrogens is 4. The van der Waals surface area contributed by atoms with Crippen LogP contribution >= 0.6 is 0 Å². The molecule has 4 nitrogen and oxygen atoms in total. The van der Waals surface area contributed by atoms with Crippen LogP contribution in [0.5, 0.6) is 0 Å². The zero-order valence-corrected chi connectivity index (χ0v) is 18.5. The number of aryl methyl sites for hydroxylation is 1. The second kappa shape index (κ2) is 7.69. The van der Waals surface area contributed by atoms with Gasteiger partial charge in [-0.3, -0.25) is 0 Å². The van der Waals surface area contributed by atoms with Crippen molar-refractivity contribution >= 4 is 21.8 Å². The van der Waals surface area contributed by atoms with Crippen molar-refractivity contribution in [3.63, 3.8) is 0 Å². The van der Waals surface area contributed by atoms with Gasteiger partial charge in [0.1, 0.15) is 11.6 Å². The maximum atomic E-state index is 4.62. The SMILES string of the molecule is CCc1nc2ccc(-c3ccc4cc(-c5cnc(C(C)C(C)C)[nH]5)ccc4c3)cc2[nH]1. The van der Waals surface area contributed by atoms with E-state index in [-0.39, 0.29) is 0 Å². The van der Waals surface area contributed by atoms with Gasteiger partial charge in [-0.25, -0.2) is 9.97 Å². The van der Waals surface area contributed by atoms with Gasteiger partial charge in [-0.05, 0) is 52.1 Å². The van der Waals surface area contributed by atoms with Gasteiger partial charge in [0.15, 0.2) is 0 Å². The number of nitrogens with zero attached hydrogens (tertiary/aromatic N) is 2. The Kier molecular flexibility index (Phi) is 4.85. The Bertz CT molecular complexity index is 1370. The van der Waals surface area contributed by atoms with Crippen LogP contribution in [-0.4, -0.2) is 19.9 Å². The molecule has 0 bridgehead atoms. The number of imidazole rings is 2. The molecule has 4 heteroatoms. The first kappa shape index (κ1) is 19.6. The van der Waals surface area contributed by atoms with Crippen LogP contribution in [0.2, 0.25) is 0 Å². The molecule has 31 heavy (non-hydrogen) atoms. The van der Waals surface area contributed by atoms with Crippen LogP contribution in [0, 0.1) is 5.92 Å². The van der Waals surface area contributed by atoms with Crippen LogP contribution in [0.25, 0.3) is 44.2 Å². The summed E-state index contributed by atoms with van der Waals surface area (Å²) in [4.78, 5) is 16.2. The van der Waals surface area contributed by atoms with Crippen molar-refractivity contribution in [3.8, 4) is 22.4 Å². The van der Waals surface area contributed by atoms with E-state index in [1.807, 2.05) is 6.20 Å². The summed E-state index contributed by atoms with van der Waals surface area (Å²) in [5, 5.41) is 2.46. The molecule has 2 aromatic heterocycles. The highest BCUT2D eigenvalue weighted by Crippen LogP contribution is 2.30. The molecule has 0 aliphatic heterocycles. The van der Waals surface area contributed by atoms with Crippen LogP contribution in [0.15, 0.2) is 60.8 Å². The minimum atomic E-state index is 0.414. The number of hydrogen-bond acceptors (Lipinski definition) is 2. The van der Waals surface area contributed by atoms with Crippen molar-refractivity contribution in [3.05, 3.63) is 72.4 Å². The fourth-order valence-corrected chi connectivity index (χ4v) is 4.03. The van der Waals surface area contributed by atoms with E-state index in [9.17, 15) is 0 Å². The highest BCUT2D eigenvalue weighted by molar-refractivity contribution is 5.91. The molecular formula is C27H28N4. The highest BCUT2D eigenvalue weighted by Gasteiger charge is 2.14. The van der Waals surface area contributed by atoms with Gasteiger partial charge in [0.2, 0.25) is 0 Å². The zero-order chi connectivity index (χ0) is 21.5. The number of hydrogen-bond donors (Lipinski definition) is 2. The summed E-state index contributed by atoms with van der Waals surface area (Å²) in [5.41, 5.74) is 6.77. The van der Waals surface area contributed by atoms with E-state index in [0.29, 0.717) is 11.8 Å². The van der Waals surface area contributed by atoms with Crippen molar-refractivity contribution in [1.29, 1.82) is 0 Å². The molecule has 5 rings (SSSR count). The lowest BCUT2D eigenvalue weighted by Gasteiger charge is -2.12. The number of nitrogens with one attached hydrogen (secondary N) is 2. The third kappa shape index (κ3) is 3.63. The normalized spacial score (nSPS) is 12.8. The lowest BCUT2D eigenvalue weighted by Crippen LogP contribution is -2.03. The average molecular weight is 409 g/mol. The molecule has 0 saturated heterocycles. The lowest BCUT2D eigenvalue weighted by atomic mass is 9.97. The molecule has 156 valence electrons. The number of benzene rings is 3. The van der Waals surface area contributed by atoms with Crippen LogP contribution in [0.4, 0.5) is 0 Å². The van der Waals surface area contributed by atoms with Crippen molar-refractivity contribution in [2.45, 2.75) is 40.0 Å². The fraction of sp³-hybridized carbons (Fsp3) is 0.259. The molecule has 1 atom stereocenters. The van der Waals surface area contributed by atoms with E-state index >= 15 is 0 Å². The second-order valence-electron chi connectivity index (χ2n) is 8.76. The largest absolute Gasteiger partial charge is 0.342 e. The predicted octanol–water partition coefficient (Wildman–Crippen LogP) is 7.10. The van der Waals surface area contributed by atoms with Gasteiger partial charge in [0.05, 0.1) is 22.9 Å². The molecule has 0 spiro atoms. The van der Waals surface area contributed by atoms with E-state index < -0.39 is 0 Å². The van der Waals surface area contributed by atoms with E-state index in [1.165, 1.54) is 27.5 Å². The van der Waals surface area contributed by atoms with Crippen LogP contribution in [0.3, 0.4) is 0 Å². The number of fused-ring (bicyclic) bond motifs is 2. The number of aromatic amines is 2. The minimum Gasteiger partial charge on any atom is -0.342 e. The smallest absolute Gasteiger partial charge is 0.109 e. The van der Waals surface area contributed by atoms with Gasteiger partial charge < -0.3 is 9.97 Å². The van der Waals surface area contributed by atoms with Crippen molar-refractivity contribution in [2.75, 3.05) is 0 Å². The molecule has 5 aromatic rings. The van der Waals surface area contributed by atoms with Crippen LogP contribution in [-0.2, 0) is 6.42 Å². The second-order valence-corrected chi connectivity index (χ2v) is 8.76. The Balaban J connectivity index is 1.48. The van der Waals surface area contributed by atoms with Gasteiger partial charge in [0.25, 0.3) is 0 Å². The maximum absolute atomic E-state index is 4.62. The first-order valence-corrected chi connectivity index (χ1v) is 11.1. The Morgan fingerprint density at radius 1 is 0.806 bits per heavy atom. The molecular weight excluding hydrogens is 380 g/mol. The van der Waals surface area contributed by atoms with Gasteiger partial charge >= 0.3 is 0 Å². The first-order valence-electron chi connectivity index (χ1n) is 11.1. The summed E-state index contributed by atoms with van der Waals surface area (Å²) < 4.78 is 0.